The summed E-state index contributed by atoms with van der Waals surface area (Å²) in [6.07, 6.45) is 0. The van der Waals surface area contributed by atoms with Crippen LogP contribution in [0.3, 0.4) is 0 Å². The monoisotopic (exact) mass is 304 g/mol. The van der Waals surface area contributed by atoms with Crippen LogP contribution in [0, 0.1) is 0 Å². The molecule has 5 nitrogen and oxygen atoms in total. The van der Waals surface area contributed by atoms with E-state index in [2.05, 4.69) is 20.3 Å². The van der Waals surface area contributed by atoms with Gasteiger partial charge < -0.3 is 10.1 Å². The van der Waals surface area contributed by atoms with Gasteiger partial charge in [-0.2, -0.15) is 15.0 Å². The lowest BCUT2D eigenvalue weighted by Gasteiger charge is -2.07. The summed E-state index contributed by atoms with van der Waals surface area (Å²) in [5.74, 6) is 0.232. The zero-order valence-electron chi connectivity index (χ0n) is 9.12. The minimum Gasteiger partial charge on any atom is -0.467 e. The minimum absolute atomic E-state index is 0.0226. The van der Waals surface area contributed by atoms with Crippen molar-refractivity contribution in [1.29, 1.82) is 0 Å². The molecule has 0 radical (unpaired) electrons. The van der Waals surface area contributed by atoms with Gasteiger partial charge in [-0.25, -0.2) is 0 Å². The van der Waals surface area contributed by atoms with Crippen molar-refractivity contribution in [1.82, 2.24) is 15.0 Å². The maximum absolute atomic E-state index is 6.01. The van der Waals surface area contributed by atoms with Gasteiger partial charge in [0.15, 0.2) is 0 Å². The Kier molecular flexibility index (Phi) is 4.06. The van der Waals surface area contributed by atoms with E-state index in [1.165, 1.54) is 7.11 Å². The topological polar surface area (TPSA) is 59.9 Å². The van der Waals surface area contributed by atoms with Gasteiger partial charge in [0.05, 0.1) is 17.8 Å². The highest BCUT2D eigenvalue weighted by Crippen LogP contribution is 2.27. The third-order valence-corrected chi connectivity index (χ3v) is 2.66. The van der Waals surface area contributed by atoms with E-state index < -0.39 is 0 Å². The number of hydrogen-bond donors (Lipinski definition) is 1. The number of rotatable bonds is 3. The number of methoxy groups -OCH3 is 1. The van der Waals surface area contributed by atoms with Crippen LogP contribution < -0.4 is 10.1 Å². The Morgan fingerprint density at radius 2 is 1.89 bits per heavy atom. The predicted octanol–water partition coefficient (Wildman–Crippen LogP) is 3.58. The predicted molar refractivity (Wildman–Crippen MR) is 71.1 cm³/mol. The van der Waals surface area contributed by atoms with Gasteiger partial charge in [0.1, 0.15) is 0 Å². The number of halogens is 3. The van der Waals surface area contributed by atoms with Crippen LogP contribution in [0.2, 0.25) is 15.3 Å². The minimum atomic E-state index is 0.0226. The number of anilines is 2. The lowest BCUT2D eigenvalue weighted by atomic mass is 10.3. The molecule has 2 rings (SSSR count). The molecule has 0 aliphatic rings. The zero-order chi connectivity index (χ0) is 13.1. The molecule has 0 saturated heterocycles. The van der Waals surface area contributed by atoms with Gasteiger partial charge in [0, 0.05) is 5.02 Å². The van der Waals surface area contributed by atoms with Crippen LogP contribution in [0.1, 0.15) is 0 Å². The molecule has 1 aromatic heterocycles. The van der Waals surface area contributed by atoms with Crippen LogP contribution in [0.15, 0.2) is 18.2 Å². The van der Waals surface area contributed by atoms with Crippen molar-refractivity contribution in [3.8, 4) is 6.01 Å². The molecule has 0 aliphatic carbocycles. The molecular weight excluding hydrogens is 298 g/mol. The smallest absolute Gasteiger partial charge is 0.322 e. The molecule has 1 aromatic carbocycles. The summed E-state index contributed by atoms with van der Waals surface area (Å²) in [4.78, 5) is 11.6. The van der Waals surface area contributed by atoms with E-state index in [4.69, 9.17) is 39.5 Å². The van der Waals surface area contributed by atoms with E-state index >= 15 is 0 Å². The average molecular weight is 306 g/mol. The molecule has 0 unspecified atom stereocenters. The Morgan fingerprint density at radius 3 is 2.56 bits per heavy atom. The van der Waals surface area contributed by atoms with E-state index in [0.29, 0.717) is 15.7 Å². The van der Waals surface area contributed by atoms with Crippen LogP contribution in [-0.4, -0.2) is 22.1 Å². The Labute approximate surface area is 118 Å². The number of nitrogens with zero attached hydrogens (tertiary/aromatic N) is 3. The lowest BCUT2D eigenvalue weighted by molar-refractivity contribution is 0.379. The second-order valence-electron chi connectivity index (χ2n) is 3.16. The van der Waals surface area contributed by atoms with Crippen molar-refractivity contribution in [2.24, 2.45) is 0 Å². The standard InChI is InChI=1S/C10H7Cl3N4O/c1-18-10-16-8(13)15-9(17-10)14-7-3-2-5(11)4-6(7)12/h2-4H,1H3,(H,14,15,16,17). The van der Waals surface area contributed by atoms with E-state index in [1.54, 1.807) is 18.2 Å². The van der Waals surface area contributed by atoms with Gasteiger partial charge >= 0.3 is 6.01 Å². The highest BCUT2D eigenvalue weighted by Gasteiger charge is 2.07. The number of ether oxygens (including phenoxy) is 1. The van der Waals surface area contributed by atoms with Crippen molar-refractivity contribution < 1.29 is 4.74 Å². The third kappa shape index (κ3) is 3.13. The number of hydrogen-bond acceptors (Lipinski definition) is 5. The van der Waals surface area contributed by atoms with Gasteiger partial charge in [-0.05, 0) is 29.8 Å². The molecule has 0 aliphatic heterocycles. The molecule has 0 atom stereocenters. The Morgan fingerprint density at radius 1 is 1.11 bits per heavy atom. The van der Waals surface area contributed by atoms with Gasteiger partial charge in [-0.15, -0.1) is 0 Å². The summed E-state index contributed by atoms with van der Waals surface area (Å²) in [6, 6.07) is 5.11. The van der Waals surface area contributed by atoms with Gasteiger partial charge in [-0.1, -0.05) is 23.2 Å². The summed E-state index contributed by atoms with van der Waals surface area (Å²) >= 11 is 17.5. The van der Waals surface area contributed by atoms with Gasteiger partial charge in [0.2, 0.25) is 11.2 Å². The molecule has 0 bridgehead atoms. The number of nitrogens with one attached hydrogen (secondary N) is 1. The maximum atomic E-state index is 6.01. The molecule has 0 spiro atoms. The first-order valence-electron chi connectivity index (χ1n) is 4.76. The quantitative estimate of drug-likeness (QED) is 0.939. The fourth-order valence-electron chi connectivity index (χ4n) is 1.19. The molecular formula is C10H7Cl3N4O. The van der Waals surface area contributed by atoms with E-state index in [9.17, 15) is 0 Å². The first-order valence-corrected chi connectivity index (χ1v) is 5.89. The fraction of sp³-hybridized carbons (Fsp3) is 0.100. The van der Waals surface area contributed by atoms with Crippen LogP contribution in [-0.2, 0) is 0 Å². The Bertz CT molecular complexity index is 579. The zero-order valence-corrected chi connectivity index (χ0v) is 11.4. The summed E-state index contributed by atoms with van der Waals surface area (Å²) < 4.78 is 4.88. The normalized spacial score (nSPS) is 10.2. The van der Waals surface area contributed by atoms with Crippen LogP contribution >= 0.6 is 34.8 Å². The average Bonchev–Trinajstić information content (AvgIpc) is 2.32. The fourth-order valence-corrected chi connectivity index (χ4v) is 1.80. The summed E-state index contributed by atoms with van der Waals surface area (Å²) in [6.45, 7) is 0. The van der Waals surface area contributed by atoms with Crippen molar-refractivity contribution in [2.45, 2.75) is 0 Å². The molecule has 0 fully saturated rings. The first-order chi connectivity index (χ1) is 8.58. The molecule has 8 heteroatoms. The molecule has 1 heterocycles. The molecule has 2 aromatic rings. The maximum Gasteiger partial charge on any atom is 0.322 e. The largest absolute Gasteiger partial charge is 0.467 e. The molecule has 18 heavy (non-hydrogen) atoms. The second kappa shape index (κ2) is 5.56. The van der Waals surface area contributed by atoms with Crippen LogP contribution in [0.5, 0.6) is 6.01 Å². The van der Waals surface area contributed by atoms with Crippen LogP contribution in [0.4, 0.5) is 11.6 Å². The highest BCUT2D eigenvalue weighted by atomic mass is 35.5. The van der Waals surface area contributed by atoms with Gasteiger partial charge in [0.25, 0.3) is 0 Å². The lowest BCUT2D eigenvalue weighted by Crippen LogP contribution is -2.02. The van der Waals surface area contributed by atoms with E-state index in [0.717, 1.165) is 0 Å². The van der Waals surface area contributed by atoms with Crippen molar-refractivity contribution >= 4 is 46.4 Å². The van der Waals surface area contributed by atoms with Crippen molar-refractivity contribution in [2.75, 3.05) is 12.4 Å². The molecule has 94 valence electrons. The number of aromatic nitrogens is 3. The molecule has 0 saturated carbocycles. The van der Waals surface area contributed by atoms with E-state index in [-0.39, 0.29) is 17.2 Å². The highest BCUT2D eigenvalue weighted by molar-refractivity contribution is 6.36. The summed E-state index contributed by atoms with van der Waals surface area (Å²) in [5, 5.41) is 3.90. The first kappa shape index (κ1) is 13.1. The third-order valence-electron chi connectivity index (χ3n) is 1.95. The SMILES string of the molecule is COc1nc(Cl)nc(Nc2ccc(Cl)cc2Cl)n1. The van der Waals surface area contributed by atoms with Gasteiger partial charge in [-0.3, -0.25) is 0 Å². The Hall–Kier alpha value is -1.30. The molecule has 0 amide bonds. The summed E-state index contributed by atoms with van der Waals surface area (Å²) in [7, 11) is 1.44. The van der Waals surface area contributed by atoms with Crippen molar-refractivity contribution in [3.05, 3.63) is 33.5 Å². The van der Waals surface area contributed by atoms with Crippen molar-refractivity contribution in [3.63, 3.8) is 0 Å². The Balaban J connectivity index is 2.30. The second-order valence-corrected chi connectivity index (χ2v) is 4.35. The summed E-state index contributed by atoms with van der Waals surface area (Å²) in [5.41, 5.74) is 0.602. The number of benzene rings is 1. The van der Waals surface area contributed by atoms with Crippen LogP contribution in [0.25, 0.3) is 0 Å². The van der Waals surface area contributed by atoms with E-state index in [1.807, 2.05) is 0 Å². The molecule has 1 N–H and O–H groups in total.